The number of ether oxygens (including phenoxy) is 2. The molecule has 0 saturated carbocycles. The van der Waals surface area contributed by atoms with Crippen LogP contribution in [0, 0.1) is 12.3 Å². The van der Waals surface area contributed by atoms with Crippen LogP contribution in [0.4, 0.5) is 0 Å². The highest BCUT2D eigenvalue weighted by Crippen LogP contribution is 1.88. The molecule has 0 saturated heterocycles. The van der Waals surface area contributed by atoms with Gasteiger partial charge in [0, 0.05) is 13.2 Å². The third-order valence-electron chi connectivity index (χ3n) is 1.49. The van der Waals surface area contributed by atoms with Gasteiger partial charge in [0.2, 0.25) is 0 Å². The second kappa shape index (κ2) is 9.53. The summed E-state index contributed by atoms with van der Waals surface area (Å²) >= 11 is 0. The van der Waals surface area contributed by atoms with Gasteiger partial charge in [-0.15, -0.1) is 6.42 Å². The third kappa shape index (κ3) is 9.35. The molecule has 0 rings (SSSR count). The topological polar surface area (TPSA) is 30.5 Å². The molecule has 0 aliphatic carbocycles. The predicted molar refractivity (Wildman–Crippen MR) is 53.6 cm³/mol. The lowest BCUT2D eigenvalue weighted by atomic mass is 10.4. The Hall–Kier alpha value is -0.560. The fraction of sp³-hybridized carbons (Fsp3) is 0.800. The highest BCUT2D eigenvalue weighted by molar-refractivity contribution is 4.86. The van der Waals surface area contributed by atoms with E-state index in [-0.39, 0.29) is 6.10 Å². The molecule has 76 valence electrons. The van der Waals surface area contributed by atoms with Gasteiger partial charge in [0.25, 0.3) is 0 Å². The molecule has 0 aromatic heterocycles. The lowest BCUT2D eigenvalue weighted by Gasteiger charge is -2.12. The van der Waals surface area contributed by atoms with Crippen LogP contribution in [0.2, 0.25) is 0 Å². The first-order chi connectivity index (χ1) is 6.31. The maximum absolute atomic E-state index is 5.43. The first-order valence-corrected chi connectivity index (χ1v) is 4.64. The molecule has 0 aliphatic heterocycles. The Morgan fingerprint density at radius 3 is 2.85 bits per heavy atom. The molecule has 0 bridgehead atoms. The molecule has 3 nitrogen and oxygen atoms in total. The van der Waals surface area contributed by atoms with E-state index in [1.165, 1.54) is 0 Å². The van der Waals surface area contributed by atoms with Crippen LogP contribution in [0.15, 0.2) is 0 Å². The van der Waals surface area contributed by atoms with E-state index in [4.69, 9.17) is 15.9 Å². The fourth-order valence-electron chi connectivity index (χ4n) is 0.859. The Balaban J connectivity index is 3.11. The van der Waals surface area contributed by atoms with E-state index in [0.717, 1.165) is 13.2 Å². The minimum atomic E-state index is 0.189. The highest BCUT2D eigenvalue weighted by Gasteiger charge is 1.99. The van der Waals surface area contributed by atoms with Crippen molar-refractivity contribution in [3.8, 4) is 12.3 Å². The van der Waals surface area contributed by atoms with Gasteiger partial charge >= 0.3 is 0 Å². The van der Waals surface area contributed by atoms with Crippen molar-refractivity contribution in [1.82, 2.24) is 5.32 Å². The van der Waals surface area contributed by atoms with Crippen LogP contribution < -0.4 is 5.32 Å². The van der Waals surface area contributed by atoms with Gasteiger partial charge in [-0.2, -0.15) is 0 Å². The fourth-order valence-corrected chi connectivity index (χ4v) is 0.859. The number of terminal acetylenes is 1. The number of hydrogen-bond donors (Lipinski definition) is 1. The van der Waals surface area contributed by atoms with Crippen molar-refractivity contribution in [1.29, 1.82) is 0 Å². The van der Waals surface area contributed by atoms with Gasteiger partial charge in [-0.25, -0.2) is 0 Å². The van der Waals surface area contributed by atoms with E-state index in [1.54, 1.807) is 0 Å². The number of hydrogen-bond acceptors (Lipinski definition) is 3. The van der Waals surface area contributed by atoms with Crippen LogP contribution in [-0.4, -0.2) is 39.0 Å². The number of nitrogens with one attached hydrogen (secondary N) is 1. The van der Waals surface area contributed by atoms with Gasteiger partial charge in [0.05, 0.1) is 25.9 Å². The first kappa shape index (κ1) is 12.4. The lowest BCUT2D eigenvalue weighted by molar-refractivity contribution is 0.0163. The summed E-state index contributed by atoms with van der Waals surface area (Å²) in [7, 11) is 0. The molecule has 0 heterocycles. The van der Waals surface area contributed by atoms with Crippen LogP contribution in [0.3, 0.4) is 0 Å². The molecule has 0 amide bonds. The molecular weight excluding hydrogens is 166 g/mol. The average molecular weight is 185 g/mol. The van der Waals surface area contributed by atoms with E-state index in [1.807, 2.05) is 13.8 Å². The van der Waals surface area contributed by atoms with Crippen molar-refractivity contribution in [3.05, 3.63) is 0 Å². The maximum atomic E-state index is 5.43. The van der Waals surface area contributed by atoms with Crippen LogP contribution in [0.5, 0.6) is 0 Å². The molecule has 1 unspecified atom stereocenters. The normalized spacial score (nSPS) is 12.4. The summed E-state index contributed by atoms with van der Waals surface area (Å²) < 4.78 is 10.6. The Morgan fingerprint density at radius 2 is 2.23 bits per heavy atom. The summed E-state index contributed by atoms with van der Waals surface area (Å²) in [6, 6.07) is 0. The minimum absolute atomic E-state index is 0.189. The van der Waals surface area contributed by atoms with E-state index >= 15 is 0 Å². The predicted octanol–water partition coefficient (Wildman–Crippen LogP) is 0.651. The van der Waals surface area contributed by atoms with Gasteiger partial charge in [-0.3, -0.25) is 0 Å². The SMILES string of the molecule is C#CCNCC(C)OCCOCC. The second-order valence-electron chi connectivity index (χ2n) is 2.71. The van der Waals surface area contributed by atoms with Crippen LogP contribution in [0.25, 0.3) is 0 Å². The molecule has 0 radical (unpaired) electrons. The lowest BCUT2D eigenvalue weighted by Crippen LogP contribution is -2.28. The van der Waals surface area contributed by atoms with E-state index < -0.39 is 0 Å². The first-order valence-electron chi connectivity index (χ1n) is 4.64. The third-order valence-corrected chi connectivity index (χ3v) is 1.49. The molecule has 1 atom stereocenters. The Labute approximate surface area is 80.8 Å². The zero-order valence-corrected chi connectivity index (χ0v) is 8.51. The molecule has 0 aromatic rings. The van der Waals surface area contributed by atoms with Crippen molar-refractivity contribution < 1.29 is 9.47 Å². The van der Waals surface area contributed by atoms with Gasteiger partial charge in [0.1, 0.15) is 0 Å². The van der Waals surface area contributed by atoms with Gasteiger partial charge in [-0.1, -0.05) is 5.92 Å². The van der Waals surface area contributed by atoms with Gasteiger partial charge in [-0.05, 0) is 13.8 Å². The Kier molecular flexibility index (Phi) is 9.12. The Bertz CT molecular complexity index is 142. The zero-order chi connectivity index (χ0) is 9.94. The minimum Gasteiger partial charge on any atom is -0.379 e. The standard InChI is InChI=1S/C10H19NO2/c1-4-6-11-9-10(3)13-8-7-12-5-2/h1,10-11H,5-9H2,2-3H3. The van der Waals surface area contributed by atoms with Crippen molar-refractivity contribution >= 4 is 0 Å². The van der Waals surface area contributed by atoms with Crippen molar-refractivity contribution in [2.75, 3.05) is 32.9 Å². The summed E-state index contributed by atoms with van der Waals surface area (Å²) in [5, 5.41) is 3.07. The molecule has 13 heavy (non-hydrogen) atoms. The van der Waals surface area contributed by atoms with E-state index in [2.05, 4.69) is 11.2 Å². The largest absolute Gasteiger partial charge is 0.379 e. The van der Waals surface area contributed by atoms with Crippen molar-refractivity contribution in [2.45, 2.75) is 20.0 Å². The van der Waals surface area contributed by atoms with E-state index in [0.29, 0.717) is 19.8 Å². The van der Waals surface area contributed by atoms with Crippen LogP contribution in [0.1, 0.15) is 13.8 Å². The molecule has 1 N–H and O–H groups in total. The average Bonchev–Trinajstić information content (AvgIpc) is 2.13. The molecule has 0 fully saturated rings. The second-order valence-corrected chi connectivity index (χ2v) is 2.71. The number of rotatable bonds is 8. The smallest absolute Gasteiger partial charge is 0.0704 e. The summed E-state index contributed by atoms with van der Waals surface area (Å²) in [6.45, 7) is 7.42. The quantitative estimate of drug-likeness (QED) is 0.445. The summed E-state index contributed by atoms with van der Waals surface area (Å²) in [4.78, 5) is 0. The monoisotopic (exact) mass is 185 g/mol. The van der Waals surface area contributed by atoms with Crippen LogP contribution in [-0.2, 0) is 9.47 Å². The highest BCUT2D eigenvalue weighted by atomic mass is 16.5. The van der Waals surface area contributed by atoms with Crippen LogP contribution >= 0.6 is 0 Å². The summed E-state index contributed by atoms with van der Waals surface area (Å²) in [6.07, 6.45) is 5.27. The van der Waals surface area contributed by atoms with Gasteiger partial charge < -0.3 is 14.8 Å². The summed E-state index contributed by atoms with van der Waals surface area (Å²) in [5.74, 6) is 2.51. The summed E-state index contributed by atoms with van der Waals surface area (Å²) in [5.41, 5.74) is 0. The molecule has 0 spiro atoms. The molecule has 0 aliphatic rings. The Morgan fingerprint density at radius 1 is 1.46 bits per heavy atom. The molecule has 3 heteroatoms. The maximum Gasteiger partial charge on any atom is 0.0704 e. The molecular formula is C10H19NO2. The van der Waals surface area contributed by atoms with Gasteiger partial charge in [0.15, 0.2) is 0 Å². The van der Waals surface area contributed by atoms with Crippen molar-refractivity contribution in [2.24, 2.45) is 0 Å². The van der Waals surface area contributed by atoms with E-state index in [9.17, 15) is 0 Å². The zero-order valence-electron chi connectivity index (χ0n) is 8.51. The molecule has 0 aromatic carbocycles. The van der Waals surface area contributed by atoms with Crippen molar-refractivity contribution in [3.63, 3.8) is 0 Å².